The van der Waals surface area contributed by atoms with Crippen LogP contribution in [0.5, 0.6) is 0 Å². The molecule has 1 heterocycles. The van der Waals surface area contributed by atoms with Crippen molar-refractivity contribution in [2.75, 3.05) is 46.0 Å². The van der Waals surface area contributed by atoms with Gasteiger partial charge in [0.1, 0.15) is 25.9 Å². The van der Waals surface area contributed by atoms with Gasteiger partial charge in [-0.3, -0.25) is 19.2 Å². The van der Waals surface area contributed by atoms with E-state index < -0.39 is 30.4 Å². The maximum atomic E-state index is 13.2. The van der Waals surface area contributed by atoms with Crippen LogP contribution in [0.15, 0.2) is 18.2 Å². The molecule has 1 aromatic carbocycles. The molecule has 0 spiro atoms. The van der Waals surface area contributed by atoms with Crippen molar-refractivity contribution in [1.82, 2.24) is 10.2 Å². The maximum Gasteiger partial charge on any atom is 0.407 e. The first-order chi connectivity index (χ1) is 36.6. The minimum absolute atomic E-state index is 0.0321. The molecule has 2 rings (SSSR count). The lowest BCUT2D eigenvalue weighted by Crippen LogP contribution is -2.35. The van der Waals surface area contributed by atoms with Crippen LogP contribution in [0.2, 0.25) is 0 Å². The van der Waals surface area contributed by atoms with Crippen LogP contribution in [-0.2, 0) is 72.2 Å². The van der Waals surface area contributed by atoms with E-state index in [2.05, 4.69) is 37.9 Å². The molecule has 1 fully saturated rings. The molecule has 432 valence electrons. The molecule has 1 aliphatic rings. The number of unbranched alkanes of at least 4 members (excludes halogenated alkanes) is 20. The number of amides is 1. The fraction of sp³-hybridized carbons (Fsp3) is 0.820. The van der Waals surface area contributed by atoms with Crippen LogP contribution in [0, 0.1) is 0 Å². The number of alkyl carbamates (subject to hydrolysis) is 1. The lowest BCUT2D eigenvalue weighted by Gasteiger charge is -2.19. The molecule has 1 saturated heterocycles. The predicted molar refractivity (Wildman–Crippen MR) is 297 cm³/mol. The van der Waals surface area contributed by atoms with Crippen molar-refractivity contribution in [3.05, 3.63) is 34.9 Å². The summed E-state index contributed by atoms with van der Waals surface area (Å²) in [5, 5.41) is 2.89. The van der Waals surface area contributed by atoms with E-state index in [0.717, 1.165) is 90.3 Å². The Morgan fingerprint density at radius 2 is 0.853 bits per heavy atom. The van der Waals surface area contributed by atoms with Crippen LogP contribution in [0.4, 0.5) is 4.79 Å². The second-order valence-electron chi connectivity index (χ2n) is 20.8. The van der Waals surface area contributed by atoms with Crippen molar-refractivity contribution in [2.24, 2.45) is 0 Å². The van der Waals surface area contributed by atoms with E-state index in [1.54, 1.807) is 0 Å². The van der Waals surface area contributed by atoms with Crippen molar-refractivity contribution >= 4 is 30.0 Å². The highest BCUT2D eigenvalue weighted by Gasteiger charge is 2.19. The summed E-state index contributed by atoms with van der Waals surface area (Å²) in [7, 11) is 0. The molecule has 1 unspecified atom stereocenters. The molecular formula is C61H106N2O12. The first-order valence-electron chi connectivity index (χ1n) is 30.3. The summed E-state index contributed by atoms with van der Waals surface area (Å²) in [5.74, 6) is -1.44. The predicted octanol–water partition coefficient (Wildman–Crippen LogP) is 14.5. The highest BCUT2D eigenvalue weighted by Crippen LogP contribution is 2.19. The number of ether oxygens (including phenoxy) is 7. The Kier molecular flexibility index (Phi) is 42.6. The second kappa shape index (κ2) is 47.5. The molecule has 1 atom stereocenters. The maximum absolute atomic E-state index is 13.2. The molecule has 1 aliphatic heterocycles. The van der Waals surface area contributed by atoms with Crippen LogP contribution in [-0.4, -0.2) is 93.3 Å². The molecule has 0 aromatic heterocycles. The molecule has 0 aliphatic carbocycles. The average Bonchev–Trinajstić information content (AvgIpc) is 3.93. The Balaban J connectivity index is 2.01. The number of likely N-dealkylation sites (tertiary alicyclic amines) is 1. The number of nitrogens with one attached hydrogen (secondary N) is 1. The van der Waals surface area contributed by atoms with Crippen molar-refractivity contribution in [3.63, 3.8) is 0 Å². The Morgan fingerprint density at radius 1 is 0.453 bits per heavy atom. The summed E-state index contributed by atoms with van der Waals surface area (Å²) < 4.78 is 40.7. The van der Waals surface area contributed by atoms with Crippen LogP contribution in [0.1, 0.15) is 263 Å². The SMILES string of the molecule is CCCCCCCCCOC(=O)CCCCC(=O)OCc1cc(COC(=O)CCC(CCCCCC)OC(=O)NCCN2CCCC2)cc(COC(=O)CCC(OCCCCCCCC)OCCCCCCCC)c1. The Bertz CT molecular complexity index is 1590. The zero-order valence-electron chi connectivity index (χ0n) is 47.8. The van der Waals surface area contributed by atoms with E-state index in [-0.39, 0.29) is 57.4 Å². The standard InChI is InChI=1S/C61H106N2O12/c1-5-9-13-17-20-23-29-43-69-56(64)33-25-26-34-57(65)72-49-52-46-53(50-73-58(66)36-35-55(32-24-16-12-8-4)75-61(68)62-39-42-63-40-27-28-41-63)48-54(47-52)51-74-59(67)37-38-60(70-44-30-21-18-14-10-6-2)71-45-31-22-19-15-11-7-3/h46-48,55,60H,5-45,49-51H2,1-4H3,(H,62,68). The fourth-order valence-electron chi connectivity index (χ4n) is 9.15. The van der Waals surface area contributed by atoms with Gasteiger partial charge in [-0.25, -0.2) is 4.79 Å². The Morgan fingerprint density at radius 3 is 1.33 bits per heavy atom. The van der Waals surface area contributed by atoms with Gasteiger partial charge >= 0.3 is 30.0 Å². The Hall–Kier alpha value is -3.75. The third-order valence-corrected chi connectivity index (χ3v) is 13.7. The highest BCUT2D eigenvalue weighted by molar-refractivity contribution is 5.71. The van der Waals surface area contributed by atoms with Crippen molar-refractivity contribution < 1.29 is 57.1 Å². The van der Waals surface area contributed by atoms with Gasteiger partial charge in [0.15, 0.2) is 6.29 Å². The summed E-state index contributed by atoms with van der Waals surface area (Å²) in [6, 6.07) is 5.45. The first-order valence-corrected chi connectivity index (χ1v) is 30.3. The Labute approximate surface area is 454 Å². The molecule has 75 heavy (non-hydrogen) atoms. The van der Waals surface area contributed by atoms with Crippen LogP contribution < -0.4 is 5.32 Å². The minimum atomic E-state index is -0.485. The number of carbonyl (C=O) groups excluding carboxylic acids is 5. The number of hydrogen-bond acceptors (Lipinski definition) is 13. The number of benzene rings is 1. The third-order valence-electron chi connectivity index (χ3n) is 13.7. The van der Waals surface area contributed by atoms with Gasteiger partial charge in [0.05, 0.1) is 13.0 Å². The van der Waals surface area contributed by atoms with Crippen molar-refractivity contribution in [1.29, 1.82) is 0 Å². The van der Waals surface area contributed by atoms with E-state index >= 15 is 0 Å². The van der Waals surface area contributed by atoms with E-state index in [1.807, 2.05) is 18.2 Å². The van der Waals surface area contributed by atoms with Crippen molar-refractivity contribution in [2.45, 2.75) is 278 Å². The third kappa shape index (κ3) is 39.3. The average molecular weight is 1060 g/mol. The first kappa shape index (κ1) is 67.4. The van der Waals surface area contributed by atoms with Gasteiger partial charge in [0, 0.05) is 52.0 Å². The molecule has 0 radical (unpaired) electrons. The van der Waals surface area contributed by atoms with Gasteiger partial charge < -0.3 is 43.4 Å². The molecule has 14 heteroatoms. The monoisotopic (exact) mass is 1060 g/mol. The number of nitrogens with zero attached hydrogens (tertiary/aromatic N) is 1. The molecule has 1 N–H and O–H groups in total. The van der Waals surface area contributed by atoms with Crippen LogP contribution >= 0.6 is 0 Å². The van der Waals surface area contributed by atoms with E-state index in [0.29, 0.717) is 75.2 Å². The van der Waals surface area contributed by atoms with E-state index in [4.69, 9.17) is 33.2 Å². The number of hydrogen-bond donors (Lipinski definition) is 1. The van der Waals surface area contributed by atoms with Crippen molar-refractivity contribution in [3.8, 4) is 0 Å². The zero-order chi connectivity index (χ0) is 54.2. The van der Waals surface area contributed by atoms with Gasteiger partial charge in [-0.05, 0) is 112 Å². The number of esters is 4. The quantitative estimate of drug-likeness (QED) is 0.0284. The van der Waals surface area contributed by atoms with Crippen LogP contribution in [0.25, 0.3) is 0 Å². The molecule has 1 aromatic rings. The highest BCUT2D eigenvalue weighted by atomic mass is 16.7. The zero-order valence-corrected chi connectivity index (χ0v) is 47.8. The molecule has 0 bridgehead atoms. The summed E-state index contributed by atoms with van der Waals surface area (Å²) in [6.07, 6.45) is 30.1. The van der Waals surface area contributed by atoms with E-state index in [1.165, 1.54) is 89.9 Å². The molecule has 1 amide bonds. The summed E-state index contributed by atoms with van der Waals surface area (Å²) >= 11 is 0. The summed E-state index contributed by atoms with van der Waals surface area (Å²) in [5.41, 5.74) is 1.96. The van der Waals surface area contributed by atoms with Gasteiger partial charge in [-0.1, -0.05) is 150 Å². The normalized spacial score (nSPS) is 13.0. The van der Waals surface area contributed by atoms with Gasteiger partial charge in [-0.15, -0.1) is 0 Å². The van der Waals surface area contributed by atoms with E-state index in [9.17, 15) is 24.0 Å². The largest absolute Gasteiger partial charge is 0.466 e. The molecular weight excluding hydrogens is 953 g/mol. The van der Waals surface area contributed by atoms with Gasteiger partial charge in [0.2, 0.25) is 0 Å². The summed E-state index contributed by atoms with van der Waals surface area (Å²) in [4.78, 5) is 66.6. The van der Waals surface area contributed by atoms with Gasteiger partial charge in [0.25, 0.3) is 0 Å². The second-order valence-corrected chi connectivity index (χ2v) is 20.8. The lowest BCUT2D eigenvalue weighted by molar-refractivity contribution is -0.160. The number of carbonyl (C=O) groups is 5. The number of rotatable bonds is 50. The van der Waals surface area contributed by atoms with Gasteiger partial charge in [-0.2, -0.15) is 0 Å². The molecule has 14 nitrogen and oxygen atoms in total. The smallest absolute Gasteiger partial charge is 0.407 e. The summed E-state index contributed by atoms with van der Waals surface area (Å²) in [6.45, 7) is 13.7. The minimum Gasteiger partial charge on any atom is -0.466 e. The lowest BCUT2D eigenvalue weighted by atomic mass is 10.1. The van der Waals surface area contributed by atoms with Crippen LogP contribution in [0.3, 0.4) is 0 Å². The topological polar surface area (TPSA) is 165 Å². The molecule has 0 saturated carbocycles. The fourth-order valence-corrected chi connectivity index (χ4v) is 9.15.